The highest BCUT2D eigenvalue weighted by molar-refractivity contribution is 14.0. The van der Waals surface area contributed by atoms with E-state index in [9.17, 15) is 0 Å². The number of nitrogens with one attached hydrogen (secondary N) is 2. The van der Waals surface area contributed by atoms with E-state index in [1.54, 1.807) is 0 Å². The van der Waals surface area contributed by atoms with Crippen LogP contribution in [-0.4, -0.2) is 44.1 Å². The van der Waals surface area contributed by atoms with Gasteiger partial charge in [-0.2, -0.15) is 0 Å². The predicted molar refractivity (Wildman–Crippen MR) is 117 cm³/mol. The van der Waals surface area contributed by atoms with E-state index < -0.39 is 0 Å². The molecular formula is C19H31IN4S. The summed E-state index contributed by atoms with van der Waals surface area (Å²) < 4.78 is 0. The SMILES string of the molecule is CN=C(NCC(c1cccs1)N1CCCC1)NCC1(C2CC2)CC1.I. The second-order valence-electron chi connectivity index (χ2n) is 7.72. The topological polar surface area (TPSA) is 39.7 Å². The smallest absolute Gasteiger partial charge is 0.191 e. The average molecular weight is 474 g/mol. The number of rotatable bonds is 7. The van der Waals surface area contributed by atoms with Crippen LogP contribution in [0.2, 0.25) is 0 Å². The number of thiophene rings is 1. The highest BCUT2D eigenvalue weighted by Gasteiger charge is 2.53. The van der Waals surface area contributed by atoms with Gasteiger partial charge in [-0.15, -0.1) is 35.3 Å². The lowest BCUT2D eigenvalue weighted by Gasteiger charge is -2.28. The molecule has 1 saturated heterocycles. The summed E-state index contributed by atoms with van der Waals surface area (Å²) in [5.74, 6) is 1.97. The lowest BCUT2D eigenvalue weighted by Crippen LogP contribution is -2.44. The van der Waals surface area contributed by atoms with Crippen LogP contribution in [0.1, 0.15) is 49.4 Å². The Morgan fingerprint density at radius 1 is 1.32 bits per heavy atom. The molecule has 1 aromatic heterocycles. The minimum Gasteiger partial charge on any atom is -0.356 e. The Bertz CT molecular complexity index is 560. The summed E-state index contributed by atoms with van der Waals surface area (Å²) in [6.45, 7) is 4.49. The first-order chi connectivity index (χ1) is 11.8. The molecule has 2 saturated carbocycles. The van der Waals surface area contributed by atoms with E-state index in [0.717, 1.165) is 25.0 Å². The minimum atomic E-state index is 0. The first-order valence-electron chi connectivity index (χ1n) is 9.53. The second kappa shape index (κ2) is 8.57. The lowest BCUT2D eigenvalue weighted by atomic mass is 10.0. The Hall–Kier alpha value is -0.340. The zero-order valence-electron chi connectivity index (χ0n) is 15.2. The minimum absolute atomic E-state index is 0. The van der Waals surface area contributed by atoms with Gasteiger partial charge < -0.3 is 10.6 Å². The molecule has 140 valence electrons. The van der Waals surface area contributed by atoms with Crippen molar-refractivity contribution in [2.24, 2.45) is 16.3 Å². The van der Waals surface area contributed by atoms with Crippen LogP contribution < -0.4 is 10.6 Å². The molecule has 2 aliphatic carbocycles. The van der Waals surface area contributed by atoms with Crippen LogP contribution >= 0.6 is 35.3 Å². The summed E-state index contributed by atoms with van der Waals surface area (Å²) in [5, 5.41) is 9.40. The quantitative estimate of drug-likeness (QED) is 0.358. The third-order valence-electron chi connectivity index (χ3n) is 6.08. The predicted octanol–water partition coefficient (Wildman–Crippen LogP) is 3.86. The number of nitrogens with zero attached hydrogens (tertiary/aromatic N) is 2. The molecule has 0 amide bonds. The molecule has 2 heterocycles. The number of aliphatic imine (C=N–C) groups is 1. The van der Waals surface area contributed by atoms with Gasteiger partial charge in [0.05, 0.1) is 6.04 Å². The summed E-state index contributed by atoms with van der Waals surface area (Å²) in [6.07, 6.45) is 8.38. The van der Waals surface area contributed by atoms with Gasteiger partial charge in [0, 0.05) is 25.0 Å². The lowest BCUT2D eigenvalue weighted by molar-refractivity contribution is 0.248. The van der Waals surface area contributed by atoms with Gasteiger partial charge in [0.25, 0.3) is 0 Å². The van der Waals surface area contributed by atoms with Gasteiger partial charge in [-0.05, 0) is 74.4 Å². The van der Waals surface area contributed by atoms with Crippen molar-refractivity contribution < 1.29 is 0 Å². The Labute approximate surface area is 172 Å². The van der Waals surface area contributed by atoms with E-state index in [2.05, 4.69) is 38.0 Å². The molecule has 2 N–H and O–H groups in total. The van der Waals surface area contributed by atoms with Crippen molar-refractivity contribution in [3.63, 3.8) is 0 Å². The molecule has 1 aromatic rings. The molecule has 3 aliphatic rings. The zero-order chi connectivity index (χ0) is 16.4. The first-order valence-corrected chi connectivity index (χ1v) is 10.4. The second-order valence-corrected chi connectivity index (χ2v) is 8.70. The van der Waals surface area contributed by atoms with Crippen LogP contribution in [0.25, 0.3) is 0 Å². The average Bonchev–Trinajstić information content (AvgIpc) is 3.48. The molecule has 1 unspecified atom stereocenters. The molecule has 1 atom stereocenters. The van der Waals surface area contributed by atoms with Gasteiger partial charge >= 0.3 is 0 Å². The first kappa shape index (κ1) is 19.4. The van der Waals surface area contributed by atoms with Gasteiger partial charge in [-0.25, -0.2) is 0 Å². The summed E-state index contributed by atoms with van der Waals surface area (Å²) in [6, 6.07) is 4.92. The molecule has 0 radical (unpaired) electrons. The van der Waals surface area contributed by atoms with Gasteiger partial charge in [-0.1, -0.05) is 6.07 Å². The maximum atomic E-state index is 4.46. The number of halogens is 1. The number of likely N-dealkylation sites (tertiary alicyclic amines) is 1. The van der Waals surface area contributed by atoms with Crippen LogP contribution in [0.15, 0.2) is 22.5 Å². The Kier molecular flexibility index (Phi) is 6.65. The fourth-order valence-corrected chi connectivity index (χ4v) is 5.06. The van der Waals surface area contributed by atoms with Crippen molar-refractivity contribution in [2.75, 3.05) is 33.2 Å². The van der Waals surface area contributed by atoms with Gasteiger partial charge in [0.1, 0.15) is 0 Å². The third-order valence-corrected chi connectivity index (χ3v) is 7.06. The van der Waals surface area contributed by atoms with Gasteiger partial charge in [0.15, 0.2) is 5.96 Å². The molecule has 0 aromatic carbocycles. The summed E-state index contributed by atoms with van der Waals surface area (Å²) in [7, 11) is 1.89. The maximum absolute atomic E-state index is 4.46. The summed E-state index contributed by atoms with van der Waals surface area (Å²) >= 11 is 1.87. The fraction of sp³-hybridized carbons (Fsp3) is 0.737. The molecule has 1 aliphatic heterocycles. The molecule has 0 bridgehead atoms. The van der Waals surface area contributed by atoms with E-state index in [4.69, 9.17) is 0 Å². The Morgan fingerprint density at radius 3 is 2.64 bits per heavy atom. The molecule has 4 rings (SSSR count). The highest BCUT2D eigenvalue weighted by atomic mass is 127. The van der Waals surface area contributed by atoms with Gasteiger partial charge in [-0.3, -0.25) is 9.89 Å². The standard InChI is InChI=1S/C19H30N4S.HI/c1-20-18(22-14-19(8-9-19)15-6-7-15)21-13-16(17-5-4-12-24-17)23-10-2-3-11-23;/h4-5,12,15-16H,2-3,6-11,13-14H2,1H3,(H2,20,21,22);1H. The fourth-order valence-electron chi connectivity index (χ4n) is 4.20. The van der Waals surface area contributed by atoms with Crippen molar-refractivity contribution in [3.05, 3.63) is 22.4 Å². The van der Waals surface area contributed by atoms with Crippen LogP contribution in [0.3, 0.4) is 0 Å². The van der Waals surface area contributed by atoms with E-state index in [0.29, 0.717) is 11.5 Å². The van der Waals surface area contributed by atoms with Crippen molar-refractivity contribution in [3.8, 4) is 0 Å². The molecule has 25 heavy (non-hydrogen) atoms. The molecule has 3 fully saturated rings. The number of hydrogen-bond donors (Lipinski definition) is 2. The van der Waals surface area contributed by atoms with Crippen molar-refractivity contribution >= 4 is 41.3 Å². The van der Waals surface area contributed by atoms with Crippen LogP contribution in [0.4, 0.5) is 0 Å². The van der Waals surface area contributed by atoms with Gasteiger partial charge in [0.2, 0.25) is 0 Å². The summed E-state index contributed by atoms with van der Waals surface area (Å²) in [5.41, 5.74) is 0.611. The van der Waals surface area contributed by atoms with Crippen molar-refractivity contribution in [2.45, 2.75) is 44.6 Å². The summed E-state index contributed by atoms with van der Waals surface area (Å²) in [4.78, 5) is 8.55. The zero-order valence-corrected chi connectivity index (χ0v) is 18.3. The molecular weight excluding hydrogens is 443 g/mol. The van der Waals surface area contributed by atoms with Crippen LogP contribution in [-0.2, 0) is 0 Å². The Morgan fingerprint density at radius 2 is 2.08 bits per heavy atom. The maximum Gasteiger partial charge on any atom is 0.191 e. The molecule has 0 spiro atoms. The monoisotopic (exact) mass is 474 g/mol. The van der Waals surface area contributed by atoms with E-state index in [1.807, 2.05) is 18.4 Å². The van der Waals surface area contributed by atoms with Crippen LogP contribution in [0, 0.1) is 11.3 Å². The van der Waals surface area contributed by atoms with Crippen molar-refractivity contribution in [1.29, 1.82) is 0 Å². The van der Waals surface area contributed by atoms with E-state index in [-0.39, 0.29) is 24.0 Å². The van der Waals surface area contributed by atoms with E-state index in [1.165, 1.54) is 56.5 Å². The van der Waals surface area contributed by atoms with Crippen molar-refractivity contribution in [1.82, 2.24) is 15.5 Å². The molecule has 4 nitrogen and oxygen atoms in total. The highest BCUT2D eigenvalue weighted by Crippen LogP contribution is 2.60. The van der Waals surface area contributed by atoms with Crippen LogP contribution in [0.5, 0.6) is 0 Å². The largest absolute Gasteiger partial charge is 0.356 e. The Balaban J connectivity index is 0.00000182. The number of guanidine groups is 1. The van der Waals surface area contributed by atoms with E-state index >= 15 is 0 Å². The number of hydrogen-bond acceptors (Lipinski definition) is 3. The third kappa shape index (κ3) is 4.69. The molecule has 6 heteroatoms. The normalized spacial score (nSPS) is 23.8.